The molecule has 34 heavy (non-hydrogen) atoms. The van der Waals surface area contributed by atoms with Crippen molar-refractivity contribution in [3.63, 3.8) is 0 Å². The summed E-state index contributed by atoms with van der Waals surface area (Å²) >= 11 is 0.592. The third kappa shape index (κ3) is 8.40. The highest BCUT2D eigenvalue weighted by atomic mass is 32.2. The zero-order valence-electron chi connectivity index (χ0n) is 19.4. The van der Waals surface area contributed by atoms with Gasteiger partial charge in [0.1, 0.15) is 0 Å². The number of hydrogen-bond donors (Lipinski definition) is 1. The van der Waals surface area contributed by atoms with Gasteiger partial charge in [0.25, 0.3) is 0 Å². The molecule has 0 fully saturated rings. The lowest BCUT2D eigenvalue weighted by Gasteiger charge is -2.15. The van der Waals surface area contributed by atoms with Crippen LogP contribution in [0.15, 0.2) is 6.07 Å². The maximum absolute atomic E-state index is 12.9. The SMILES string of the molecule is CC(C)(C)O.CCOC(=O)Cc1c(C)cc2nc(C(=O)OCC)sc2c1OS(=O)(=O)C(F)(F)F. The van der Waals surface area contributed by atoms with Crippen LogP contribution in [-0.4, -0.2) is 54.8 Å². The minimum absolute atomic E-state index is 0.0186. The Labute approximate surface area is 199 Å². The molecule has 1 aromatic carbocycles. The number of thiazole rings is 1. The van der Waals surface area contributed by atoms with Crippen molar-refractivity contribution in [3.05, 3.63) is 22.2 Å². The molecule has 9 nitrogen and oxygen atoms in total. The number of alkyl halides is 3. The van der Waals surface area contributed by atoms with Crippen molar-refractivity contribution in [2.24, 2.45) is 0 Å². The van der Waals surface area contributed by atoms with Crippen LogP contribution in [0.3, 0.4) is 0 Å². The molecule has 1 heterocycles. The van der Waals surface area contributed by atoms with Crippen LogP contribution in [-0.2, 0) is 30.8 Å². The minimum atomic E-state index is -6.04. The van der Waals surface area contributed by atoms with Crippen molar-refractivity contribution >= 4 is 43.6 Å². The van der Waals surface area contributed by atoms with Crippen molar-refractivity contribution in [2.75, 3.05) is 13.2 Å². The van der Waals surface area contributed by atoms with Gasteiger partial charge in [0, 0.05) is 5.56 Å². The molecule has 0 bridgehead atoms. The summed E-state index contributed by atoms with van der Waals surface area (Å²) in [4.78, 5) is 27.8. The van der Waals surface area contributed by atoms with E-state index in [4.69, 9.17) is 14.6 Å². The molecule has 1 aromatic heterocycles. The van der Waals surface area contributed by atoms with E-state index >= 15 is 0 Å². The monoisotopic (exact) mass is 529 g/mol. The molecule has 0 spiro atoms. The molecule has 0 aliphatic heterocycles. The number of nitrogens with zero attached hydrogens (tertiary/aromatic N) is 1. The van der Waals surface area contributed by atoms with Crippen LogP contribution in [0, 0.1) is 6.92 Å². The van der Waals surface area contributed by atoms with Crippen LogP contribution >= 0.6 is 11.3 Å². The van der Waals surface area contributed by atoms with E-state index in [-0.39, 0.29) is 39.6 Å². The van der Waals surface area contributed by atoms with Crippen LogP contribution in [0.1, 0.15) is 55.5 Å². The first kappa shape index (κ1) is 29.6. The van der Waals surface area contributed by atoms with E-state index in [2.05, 4.69) is 9.17 Å². The zero-order chi connectivity index (χ0) is 26.5. The summed E-state index contributed by atoms with van der Waals surface area (Å²) in [6.45, 7) is 9.81. The van der Waals surface area contributed by atoms with Gasteiger partial charge >= 0.3 is 27.6 Å². The van der Waals surface area contributed by atoms with E-state index in [1.54, 1.807) is 27.7 Å². The number of benzene rings is 1. The van der Waals surface area contributed by atoms with Gasteiger partial charge in [0.05, 0.1) is 35.5 Å². The first-order chi connectivity index (χ1) is 15.4. The largest absolute Gasteiger partial charge is 0.534 e. The molecule has 2 aromatic rings. The smallest absolute Gasteiger partial charge is 0.466 e. The molecule has 192 valence electrons. The van der Waals surface area contributed by atoms with Crippen LogP contribution in [0.5, 0.6) is 5.75 Å². The molecule has 0 saturated heterocycles. The highest BCUT2D eigenvalue weighted by Gasteiger charge is 2.49. The number of esters is 2. The van der Waals surface area contributed by atoms with Crippen LogP contribution in [0.2, 0.25) is 0 Å². The van der Waals surface area contributed by atoms with Crippen molar-refractivity contribution in [1.82, 2.24) is 4.98 Å². The van der Waals surface area contributed by atoms with Crippen LogP contribution < -0.4 is 4.18 Å². The average molecular weight is 530 g/mol. The fourth-order valence-corrected chi connectivity index (χ4v) is 3.80. The Morgan fingerprint density at radius 3 is 2.12 bits per heavy atom. The van der Waals surface area contributed by atoms with Gasteiger partial charge in [0.2, 0.25) is 5.01 Å². The van der Waals surface area contributed by atoms with E-state index in [0.29, 0.717) is 11.3 Å². The summed E-state index contributed by atoms with van der Waals surface area (Å²) < 4.78 is 75.7. The van der Waals surface area contributed by atoms with E-state index in [1.165, 1.54) is 19.9 Å². The number of carbonyl (C=O) groups excluding carboxylic acids is 2. The number of rotatable bonds is 7. The van der Waals surface area contributed by atoms with Gasteiger partial charge < -0.3 is 18.8 Å². The molecular weight excluding hydrogens is 503 g/mol. The maximum atomic E-state index is 12.9. The Morgan fingerprint density at radius 1 is 1.12 bits per heavy atom. The number of halogens is 3. The number of aryl methyl sites for hydroxylation is 1. The average Bonchev–Trinajstić information content (AvgIpc) is 3.06. The van der Waals surface area contributed by atoms with Crippen molar-refractivity contribution in [2.45, 2.75) is 59.1 Å². The number of hydrogen-bond acceptors (Lipinski definition) is 10. The number of aromatic nitrogens is 1. The number of aliphatic hydroxyl groups is 1. The predicted octanol–water partition coefficient (Wildman–Crippen LogP) is 3.89. The summed E-state index contributed by atoms with van der Waals surface area (Å²) in [5.74, 6) is -2.35. The van der Waals surface area contributed by atoms with Gasteiger partial charge in [0.15, 0.2) is 5.75 Å². The lowest BCUT2D eigenvalue weighted by Crippen LogP contribution is -2.28. The van der Waals surface area contributed by atoms with Crippen molar-refractivity contribution in [3.8, 4) is 5.75 Å². The molecule has 14 heteroatoms. The standard InChI is InChI=1S/C16H16F3NO7S2.C4H10O/c1-4-25-11(21)7-9-8(3)6-10-13(28-14(20-10)15(22)26-5-2)12(9)27-29(23,24)16(17,18)19;1-4(2,3)5/h6H,4-5,7H2,1-3H3;5H,1-3H3. The Balaban J connectivity index is 0.00000104. The fourth-order valence-electron chi connectivity index (χ4n) is 2.30. The molecule has 0 unspecified atom stereocenters. The lowest BCUT2D eigenvalue weighted by atomic mass is 10.0. The normalized spacial score (nSPS) is 12.1. The first-order valence-electron chi connectivity index (χ1n) is 9.90. The maximum Gasteiger partial charge on any atom is 0.534 e. The van der Waals surface area contributed by atoms with Gasteiger partial charge in [-0.15, -0.1) is 11.3 Å². The summed E-state index contributed by atoms with van der Waals surface area (Å²) in [5.41, 5.74) is -6.06. The van der Waals surface area contributed by atoms with Crippen LogP contribution in [0.4, 0.5) is 13.2 Å². The lowest BCUT2D eigenvalue weighted by molar-refractivity contribution is -0.142. The zero-order valence-corrected chi connectivity index (χ0v) is 21.0. The predicted molar refractivity (Wildman–Crippen MR) is 118 cm³/mol. The molecule has 0 radical (unpaired) electrons. The van der Waals surface area contributed by atoms with E-state index < -0.39 is 45.3 Å². The third-order valence-electron chi connectivity index (χ3n) is 3.52. The fraction of sp³-hybridized carbons (Fsp3) is 0.550. The highest BCUT2D eigenvalue weighted by molar-refractivity contribution is 7.88. The molecule has 0 amide bonds. The van der Waals surface area contributed by atoms with E-state index in [9.17, 15) is 31.2 Å². The van der Waals surface area contributed by atoms with Gasteiger partial charge in [-0.1, -0.05) is 0 Å². The molecule has 0 aliphatic rings. The summed E-state index contributed by atoms with van der Waals surface area (Å²) in [5, 5.41) is 8.32. The Bertz CT molecular complexity index is 1130. The van der Waals surface area contributed by atoms with Gasteiger partial charge in [-0.25, -0.2) is 9.78 Å². The summed E-state index contributed by atoms with van der Waals surface area (Å²) in [6.07, 6.45) is -0.537. The molecular formula is C20H26F3NO8S2. The summed E-state index contributed by atoms with van der Waals surface area (Å²) in [6, 6.07) is 1.40. The Morgan fingerprint density at radius 2 is 1.65 bits per heavy atom. The van der Waals surface area contributed by atoms with Gasteiger partial charge in [-0.05, 0) is 53.2 Å². The van der Waals surface area contributed by atoms with Gasteiger partial charge in [-0.3, -0.25) is 4.79 Å². The molecule has 2 rings (SSSR count). The van der Waals surface area contributed by atoms with E-state index in [1.807, 2.05) is 0 Å². The quantitative estimate of drug-likeness (QED) is 0.323. The van der Waals surface area contributed by atoms with Gasteiger partial charge in [-0.2, -0.15) is 21.6 Å². The Hall–Kier alpha value is -2.45. The first-order valence-corrected chi connectivity index (χ1v) is 12.1. The topological polar surface area (TPSA) is 129 Å². The second-order valence-corrected chi connectivity index (χ2v) is 10.3. The van der Waals surface area contributed by atoms with E-state index in [0.717, 1.165) is 0 Å². The van der Waals surface area contributed by atoms with Crippen molar-refractivity contribution < 1.29 is 49.9 Å². The molecule has 0 aliphatic carbocycles. The number of carbonyl (C=O) groups is 2. The van der Waals surface area contributed by atoms with Crippen molar-refractivity contribution in [1.29, 1.82) is 0 Å². The molecule has 0 atom stereocenters. The number of fused-ring (bicyclic) bond motifs is 1. The second-order valence-electron chi connectivity index (χ2n) is 7.72. The highest BCUT2D eigenvalue weighted by Crippen LogP contribution is 2.40. The third-order valence-corrected chi connectivity index (χ3v) is 5.52. The minimum Gasteiger partial charge on any atom is -0.466 e. The second kappa shape index (κ2) is 11.3. The molecule has 0 saturated carbocycles. The van der Waals surface area contributed by atoms with Crippen LogP contribution in [0.25, 0.3) is 10.2 Å². The Kier molecular flexibility index (Phi) is 9.85. The molecule has 1 N–H and O–H groups in total. The number of ether oxygens (including phenoxy) is 2. The summed E-state index contributed by atoms with van der Waals surface area (Å²) in [7, 11) is -6.04.